The lowest BCUT2D eigenvalue weighted by molar-refractivity contribution is -0.136. The van der Waals surface area contributed by atoms with E-state index in [9.17, 15) is 4.79 Å². The lowest BCUT2D eigenvalue weighted by Crippen LogP contribution is -1.98. The molecule has 31 heavy (non-hydrogen) atoms. The van der Waals surface area contributed by atoms with Crippen LogP contribution in [0.25, 0.3) is 10.9 Å². The lowest BCUT2D eigenvalue weighted by Gasteiger charge is -2.12. The van der Waals surface area contributed by atoms with Crippen molar-refractivity contribution in [2.45, 2.75) is 58.3 Å². The minimum absolute atomic E-state index is 0.0947. The summed E-state index contributed by atoms with van der Waals surface area (Å²) in [4.78, 5) is 15.6. The standard InChI is InChI=1S/C25H27Br2NO3/c1-2-3-4-5-6-7-19-10-9-18-16-20(11-12-23(18)28-19)31-25-21(26)14-17(15-22(25)27)8-13-24(29)30/h9-12,14-16H,2-8,13H2,1H3,(H,29,30). The smallest absolute Gasteiger partial charge is 0.303 e. The number of benzene rings is 2. The zero-order valence-corrected chi connectivity index (χ0v) is 20.8. The van der Waals surface area contributed by atoms with Crippen molar-refractivity contribution in [1.29, 1.82) is 0 Å². The maximum absolute atomic E-state index is 10.8. The average Bonchev–Trinajstić information content (AvgIpc) is 2.74. The Morgan fingerprint density at radius 1 is 0.968 bits per heavy atom. The highest BCUT2D eigenvalue weighted by Crippen LogP contribution is 2.38. The maximum atomic E-state index is 10.8. The summed E-state index contributed by atoms with van der Waals surface area (Å²) < 4.78 is 7.68. The molecule has 0 aliphatic heterocycles. The third kappa shape index (κ3) is 7.04. The molecule has 0 saturated heterocycles. The Bertz CT molecular complexity index is 1030. The van der Waals surface area contributed by atoms with Crippen LogP contribution in [0.15, 0.2) is 51.4 Å². The van der Waals surface area contributed by atoms with Gasteiger partial charge in [0.05, 0.1) is 14.5 Å². The Morgan fingerprint density at radius 3 is 2.42 bits per heavy atom. The molecule has 0 aliphatic rings. The number of aryl methyl sites for hydroxylation is 2. The molecule has 0 radical (unpaired) electrons. The summed E-state index contributed by atoms with van der Waals surface area (Å²) in [6.07, 6.45) is 7.91. The van der Waals surface area contributed by atoms with Gasteiger partial charge in [0, 0.05) is 17.5 Å². The van der Waals surface area contributed by atoms with Crippen molar-refractivity contribution >= 4 is 48.7 Å². The fourth-order valence-electron chi connectivity index (χ4n) is 3.48. The largest absolute Gasteiger partial charge is 0.481 e. The van der Waals surface area contributed by atoms with Crippen LogP contribution < -0.4 is 4.74 Å². The molecule has 1 aromatic heterocycles. The SMILES string of the molecule is CCCCCCCc1ccc2cc(Oc3c(Br)cc(CCC(=O)O)cc3Br)ccc2n1. The van der Waals surface area contributed by atoms with Crippen molar-refractivity contribution in [2.24, 2.45) is 0 Å². The van der Waals surface area contributed by atoms with Gasteiger partial charge in [0.25, 0.3) is 0 Å². The zero-order chi connectivity index (χ0) is 22.2. The van der Waals surface area contributed by atoms with Crippen LogP contribution in [0.3, 0.4) is 0 Å². The van der Waals surface area contributed by atoms with Crippen molar-refractivity contribution in [3.8, 4) is 11.5 Å². The molecule has 0 saturated carbocycles. The first kappa shape index (κ1) is 23.7. The predicted molar refractivity (Wildman–Crippen MR) is 132 cm³/mol. The topological polar surface area (TPSA) is 59.4 Å². The van der Waals surface area contributed by atoms with Crippen LogP contribution in [0, 0.1) is 0 Å². The summed E-state index contributed by atoms with van der Waals surface area (Å²) in [7, 11) is 0. The second kappa shape index (κ2) is 11.6. The Hall–Kier alpha value is -1.92. The van der Waals surface area contributed by atoms with Gasteiger partial charge in [-0.1, -0.05) is 38.7 Å². The first-order valence-corrected chi connectivity index (χ1v) is 12.3. The second-order valence-electron chi connectivity index (χ2n) is 7.71. The monoisotopic (exact) mass is 547 g/mol. The van der Waals surface area contributed by atoms with Gasteiger partial charge in [-0.3, -0.25) is 9.78 Å². The third-order valence-electron chi connectivity index (χ3n) is 5.16. The summed E-state index contributed by atoms with van der Waals surface area (Å²) in [5, 5.41) is 9.93. The average molecular weight is 549 g/mol. The molecule has 4 nitrogen and oxygen atoms in total. The van der Waals surface area contributed by atoms with Gasteiger partial charge >= 0.3 is 5.97 Å². The van der Waals surface area contributed by atoms with Crippen LogP contribution in [0.2, 0.25) is 0 Å². The highest BCUT2D eigenvalue weighted by Gasteiger charge is 2.12. The van der Waals surface area contributed by atoms with E-state index < -0.39 is 5.97 Å². The Labute approximate surface area is 200 Å². The van der Waals surface area contributed by atoms with E-state index in [1.165, 1.54) is 32.1 Å². The van der Waals surface area contributed by atoms with Gasteiger partial charge in [-0.15, -0.1) is 0 Å². The van der Waals surface area contributed by atoms with E-state index in [-0.39, 0.29) is 6.42 Å². The van der Waals surface area contributed by atoms with Gasteiger partial charge in [0.1, 0.15) is 5.75 Å². The zero-order valence-electron chi connectivity index (χ0n) is 17.7. The molecule has 0 bridgehead atoms. The van der Waals surface area contributed by atoms with E-state index in [1.807, 2.05) is 30.3 Å². The molecule has 0 aliphatic carbocycles. The predicted octanol–water partition coefficient (Wildman–Crippen LogP) is 8.08. The number of hydrogen-bond acceptors (Lipinski definition) is 3. The molecule has 0 spiro atoms. The summed E-state index contributed by atoms with van der Waals surface area (Å²) in [5.41, 5.74) is 3.04. The van der Waals surface area contributed by atoms with Gasteiger partial charge in [-0.2, -0.15) is 0 Å². The highest BCUT2D eigenvalue weighted by atomic mass is 79.9. The molecule has 164 valence electrons. The Kier molecular flexibility index (Phi) is 8.90. The number of carbonyl (C=O) groups is 1. The van der Waals surface area contributed by atoms with Crippen LogP contribution in [0.4, 0.5) is 0 Å². The van der Waals surface area contributed by atoms with Crippen LogP contribution in [-0.2, 0) is 17.6 Å². The number of fused-ring (bicyclic) bond motifs is 1. The molecule has 1 heterocycles. The summed E-state index contributed by atoms with van der Waals surface area (Å²) in [6, 6.07) is 13.9. The highest BCUT2D eigenvalue weighted by molar-refractivity contribution is 9.11. The molecule has 2 aromatic carbocycles. The number of aromatic nitrogens is 1. The van der Waals surface area contributed by atoms with Crippen molar-refractivity contribution in [2.75, 3.05) is 0 Å². The fraction of sp³-hybridized carbons (Fsp3) is 0.360. The summed E-state index contributed by atoms with van der Waals surface area (Å²) in [6.45, 7) is 2.23. The minimum atomic E-state index is -0.808. The van der Waals surface area contributed by atoms with Crippen LogP contribution >= 0.6 is 31.9 Å². The first-order chi connectivity index (χ1) is 15.0. The normalized spacial score (nSPS) is 11.1. The molecular weight excluding hydrogens is 522 g/mol. The van der Waals surface area contributed by atoms with E-state index >= 15 is 0 Å². The van der Waals surface area contributed by atoms with Gasteiger partial charge in [0.2, 0.25) is 0 Å². The molecule has 0 unspecified atom stereocenters. The third-order valence-corrected chi connectivity index (χ3v) is 6.34. The van der Waals surface area contributed by atoms with Gasteiger partial charge < -0.3 is 9.84 Å². The number of carboxylic acid groups (broad SMARTS) is 1. The number of hydrogen-bond donors (Lipinski definition) is 1. The quantitative estimate of drug-likeness (QED) is 0.246. The van der Waals surface area contributed by atoms with E-state index in [0.717, 1.165) is 43.3 Å². The number of ether oxygens (including phenoxy) is 1. The number of rotatable bonds is 11. The molecule has 0 fully saturated rings. The molecule has 0 amide bonds. The minimum Gasteiger partial charge on any atom is -0.481 e. The molecule has 1 N–H and O–H groups in total. The summed E-state index contributed by atoms with van der Waals surface area (Å²) >= 11 is 7.09. The van der Waals surface area contributed by atoms with Crippen LogP contribution in [-0.4, -0.2) is 16.1 Å². The van der Waals surface area contributed by atoms with E-state index in [4.69, 9.17) is 14.8 Å². The van der Waals surface area contributed by atoms with Crippen molar-refractivity contribution in [3.05, 3.63) is 62.7 Å². The van der Waals surface area contributed by atoms with E-state index in [2.05, 4.69) is 50.9 Å². The van der Waals surface area contributed by atoms with Gasteiger partial charge in [0.15, 0.2) is 5.75 Å². The Balaban J connectivity index is 1.69. The van der Waals surface area contributed by atoms with E-state index in [1.54, 1.807) is 0 Å². The number of nitrogens with zero attached hydrogens (tertiary/aromatic N) is 1. The molecule has 3 rings (SSSR count). The molecule has 3 aromatic rings. The van der Waals surface area contributed by atoms with Gasteiger partial charge in [-0.05, 0) is 93.1 Å². The second-order valence-corrected chi connectivity index (χ2v) is 9.41. The first-order valence-electron chi connectivity index (χ1n) is 10.7. The summed E-state index contributed by atoms with van der Waals surface area (Å²) in [5.74, 6) is 0.577. The van der Waals surface area contributed by atoms with Crippen LogP contribution in [0.1, 0.15) is 56.7 Å². The van der Waals surface area contributed by atoms with Crippen molar-refractivity contribution < 1.29 is 14.6 Å². The molecule has 6 heteroatoms. The number of pyridine rings is 1. The molecule has 0 atom stereocenters. The fourth-order valence-corrected chi connectivity index (χ4v) is 4.92. The maximum Gasteiger partial charge on any atom is 0.303 e. The Morgan fingerprint density at radius 2 is 1.71 bits per heavy atom. The van der Waals surface area contributed by atoms with Crippen molar-refractivity contribution in [3.63, 3.8) is 0 Å². The van der Waals surface area contributed by atoms with Crippen molar-refractivity contribution in [1.82, 2.24) is 4.98 Å². The van der Waals surface area contributed by atoms with Crippen LogP contribution in [0.5, 0.6) is 11.5 Å². The number of unbranched alkanes of at least 4 members (excludes halogenated alkanes) is 4. The number of aliphatic carboxylic acids is 1. The van der Waals surface area contributed by atoms with E-state index in [0.29, 0.717) is 12.2 Å². The lowest BCUT2D eigenvalue weighted by atomic mass is 10.1. The number of halogens is 2. The molecular formula is C25H27Br2NO3. The number of carboxylic acids is 1. The van der Waals surface area contributed by atoms with Gasteiger partial charge in [-0.25, -0.2) is 0 Å².